The van der Waals surface area contributed by atoms with Crippen molar-refractivity contribution in [3.05, 3.63) is 92.5 Å². The van der Waals surface area contributed by atoms with Crippen LogP contribution in [0, 0.1) is 10.1 Å². The first-order valence-corrected chi connectivity index (χ1v) is 9.10. The molecule has 0 N–H and O–H groups in total. The van der Waals surface area contributed by atoms with Crippen LogP contribution in [0.3, 0.4) is 0 Å². The first-order valence-electron chi connectivity index (χ1n) is 8.34. The molecule has 6 nitrogen and oxygen atoms in total. The van der Waals surface area contributed by atoms with Crippen molar-refractivity contribution in [1.29, 1.82) is 0 Å². The van der Waals surface area contributed by atoms with Crippen molar-refractivity contribution >= 4 is 46.0 Å². The van der Waals surface area contributed by atoms with Crippen molar-refractivity contribution in [3.8, 4) is 0 Å². The van der Waals surface area contributed by atoms with E-state index in [0.717, 1.165) is 12.2 Å². The Bertz CT molecular complexity index is 985. The Hall–Kier alpha value is -2.96. The van der Waals surface area contributed by atoms with Gasteiger partial charge in [-0.15, -0.1) is 5.11 Å². The fourth-order valence-corrected chi connectivity index (χ4v) is 3.13. The molecule has 0 aliphatic carbocycles. The van der Waals surface area contributed by atoms with Gasteiger partial charge in [0.25, 0.3) is 5.69 Å². The van der Waals surface area contributed by atoms with Crippen LogP contribution in [0.15, 0.2) is 77.0 Å². The monoisotopic (exact) mass is 414 g/mol. The second kappa shape index (κ2) is 8.82. The molecule has 0 heterocycles. The molecule has 0 aromatic heterocycles. The van der Waals surface area contributed by atoms with Gasteiger partial charge in [0.1, 0.15) is 5.69 Å². The van der Waals surface area contributed by atoms with Crippen LogP contribution >= 0.6 is 23.2 Å². The molecular weight excluding hydrogens is 399 g/mol. The standard InChI is InChI=1S/C20H16Cl2N4O2/c1-25(13-14-5-3-2-4-6-14)16-9-7-15(8-10-16)23-24-20-18(21)11-17(26(27)28)12-19(20)22/h2-12H,13H2,1H3. The van der Waals surface area contributed by atoms with Gasteiger partial charge in [-0.05, 0) is 29.8 Å². The minimum absolute atomic E-state index is 0.0714. The summed E-state index contributed by atoms with van der Waals surface area (Å²) in [7, 11) is 2.01. The highest BCUT2D eigenvalue weighted by Gasteiger charge is 2.14. The molecule has 8 heteroatoms. The van der Waals surface area contributed by atoms with Crippen LogP contribution in [0.25, 0.3) is 0 Å². The lowest BCUT2D eigenvalue weighted by atomic mass is 10.2. The van der Waals surface area contributed by atoms with E-state index in [4.69, 9.17) is 23.2 Å². The van der Waals surface area contributed by atoms with Crippen LogP contribution in [0.5, 0.6) is 0 Å². The number of anilines is 1. The molecule has 0 fully saturated rings. The predicted octanol–water partition coefficient (Wildman–Crippen LogP) is 6.95. The Balaban J connectivity index is 1.73. The summed E-state index contributed by atoms with van der Waals surface area (Å²) in [5.74, 6) is 0. The van der Waals surface area contributed by atoms with Crippen LogP contribution < -0.4 is 4.90 Å². The highest BCUT2D eigenvalue weighted by atomic mass is 35.5. The maximum atomic E-state index is 10.8. The fraction of sp³-hybridized carbons (Fsp3) is 0.100. The van der Waals surface area contributed by atoms with E-state index in [1.165, 1.54) is 17.7 Å². The Morgan fingerprint density at radius 3 is 2.14 bits per heavy atom. The van der Waals surface area contributed by atoms with E-state index in [9.17, 15) is 10.1 Å². The van der Waals surface area contributed by atoms with E-state index in [1.54, 1.807) is 0 Å². The first kappa shape index (κ1) is 19.8. The second-order valence-electron chi connectivity index (χ2n) is 6.07. The third kappa shape index (κ3) is 4.85. The van der Waals surface area contributed by atoms with Gasteiger partial charge in [-0.25, -0.2) is 0 Å². The maximum Gasteiger partial charge on any atom is 0.272 e. The highest BCUT2D eigenvalue weighted by molar-refractivity contribution is 6.39. The largest absolute Gasteiger partial charge is 0.370 e. The van der Waals surface area contributed by atoms with Crippen molar-refractivity contribution < 1.29 is 4.92 Å². The molecule has 28 heavy (non-hydrogen) atoms. The maximum absolute atomic E-state index is 10.8. The molecule has 0 amide bonds. The Labute approximate surface area is 172 Å². The van der Waals surface area contributed by atoms with Gasteiger partial charge in [-0.1, -0.05) is 53.5 Å². The zero-order valence-electron chi connectivity index (χ0n) is 14.9. The van der Waals surface area contributed by atoms with Gasteiger partial charge in [0.2, 0.25) is 0 Å². The summed E-state index contributed by atoms with van der Waals surface area (Å²) >= 11 is 12.1. The number of non-ortho nitro benzene ring substituents is 1. The number of hydrogen-bond donors (Lipinski definition) is 0. The van der Waals surface area contributed by atoms with Crippen molar-refractivity contribution in [2.75, 3.05) is 11.9 Å². The number of hydrogen-bond acceptors (Lipinski definition) is 5. The average molecular weight is 415 g/mol. The van der Waals surface area contributed by atoms with Crippen LogP contribution in [0.2, 0.25) is 10.0 Å². The van der Waals surface area contributed by atoms with Gasteiger partial charge < -0.3 is 4.90 Å². The Kier molecular flexibility index (Phi) is 6.23. The fourth-order valence-electron chi connectivity index (χ4n) is 2.58. The molecular formula is C20H16Cl2N4O2. The number of rotatable bonds is 6. The molecule has 3 aromatic carbocycles. The van der Waals surface area contributed by atoms with Gasteiger partial charge in [-0.3, -0.25) is 10.1 Å². The summed E-state index contributed by atoms with van der Waals surface area (Å²) < 4.78 is 0. The predicted molar refractivity (Wildman–Crippen MR) is 112 cm³/mol. The molecule has 0 aliphatic rings. The third-order valence-corrected chi connectivity index (χ3v) is 4.61. The summed E-state index contributed by atoms with van der Waals surface area (Å²) in [5.41, 5.74) is 2.87. The van der Waals surface area contributed by atoms with E-state index in [0.29, 0.717) is 5.69 Å². The normalized spacial score (nSPS) is 11.0. The highest BCUT2D eigenvalue weighted by Crippen LogP contribution is 2.37. The van der Waals surface area contributed by atoms with Crippen molar-refractivity contribution in [2.24, 2.45) is 10.2 Å². The quantitative estimate of drug-likeness (QED) is 0.248. The number of halogens is 2. The van der Waals surface area contributed by atoms with Crippen LogP contribution in [0.4, 0.5) is 22.7 Å². The van der Waals surface area contributed by atoms with Crippen LogP contribution in [-0.4, -0.2) is 12.0 Å². The number of nitro benzene ring substituents is 1. The summed E-state index contributed by atoms with van der Waals surface area (Å²) in [6, 6.07) is 20.1. The lowest BCUT2D eigenvalue weighted by Gasteiger charge is -2.19. The van der Waals surface area contributed by atoms with Crippen molar-refractivity contribution in [3.63, 3.8) is 0 Å². The molecule has 142 valence electrons. The van der Waals surface area contributed by atoms with E-state index in [1.807, 2.05) is 49.5 Å². The van der Waals surface area contributed by atoms with E-state index < -0.39 is 4.92 Å². The summed E-state index contributed by atoms with van der Waals surface area (Å²) in [6.45, 7) is 0.787. The van der Waals surface area contributed by atoms with E-state index in [2.05, 4.69) is 27.3 Å². The smallest absolute Gasteiger partial charge is 0.272 e. The molecule has 0 spiro atoms. The minimum atomic E-state index is -0.566. The molecule has 3 aromatic rings. The second-order valence-corrected chi connectivity index (χ2v) is 6.89. The zero-order chi connectivity index (χ0) is 20.1. The van der Waals surface area contributed by atoms with Crippen LogP contribution in [0.1, 0.15) is 5.56 Å². The number of azo groups is 1. The third-order valence-electron chi connectivity index (χ3n) is 4.03. The van der Waals surface area contributed by atoms with Gasteiger partial charge in [0, 0.05) is 31.4 Å². The Morgan fingerprint density at radius 2 is 1.57 bits per heavy atom. The molecule has 0 bridgehead atoms. The number of benzene rings is 3. The zero-order valence-corrected chi connectivity index (χ0v) is 16.4. The van der Waals surface area contributed by atoms with E-state index in [-0.39, 0.29) is 21.4 Å². The van der Waals surface area contributed by atoms with Crippen LogP contribution in [-0.2, 0) is 6.54 Å². The summed E-state index contributed by atoms with van der Waals surface area (Å²) in [5, 5.41) is 19.1. The summed E-state index contributed by atoms with van der Waals surface area (Å²) in [4.78, 5) is 12.4. The first-order chi connectivity index (χ1) is 13.4. The number of nitrogens with zero attached hydrogens (tertiary/aromatic N) is 4. The van der Waals surface area contributed by atoms with Gasteiger partial charge in [0.05, 0.1) is 20.7 Å². The van der Waals surface area contributed by atoms with Crippen molar-refractivity contribution in [2.45, 2.75) is 6.54 Å². The molecule has 0 radical (unpaired) electrons. The minimum Gasteiger partial charge on any atom is -0.370 e. The van der Waals surface area contributed by atoms with Crippen molar-refractivity contribution in [1.82, 2.24) is 0 Å². The SMILES string of the molecule is CN(Cc1ccccc1)c1ccc(N=Nc2c(Cl)cc([N+](=O)[O-])cc2Cl)cc1. The average Bonchev–Trinajstić information content (AvgIpc) is 2.68. The van der Waals surface area contributed by atoms with E-state index >= 15 is 0 Å². The molecule has 0 saturated carbocycles. The topological polar surface area (TPSA) is 71.1 Å². The molecule has 3 rings (SSSR count). The van der Waals surface area contributed by atoms with Gasteiger partial charge in [-0.2, -0.15) is 5.11 Å². The lowest BCUT2D eigenvalue weighted by molar-refractivity contribution is -0.384. The van der Waals surface area contributed by atoms with Gasteiger partial charge >= 0.3 is 0 Å². The molecule has 0 atom stereocenters. The lowest BCUT2D eigenvalue weighted by Crippen LogP contribution is -2.15. The molecule has 0 unspecified atom stereocenters. The summed E-state index contributed by atoms with van der Waals surface area (Å²) in [6.07, 6.45) is 0. The molecule has 0 saturated heterocycles. The molecule has 0 aliphatic heterocycles. The number of nitro groups is 1. The Morgan fingerprint density at radius 1 is 0.964 bits per heavy atom. The van der Waals surface area contributed by atoms with Gasteiger partial charge in [0.15, 0.2) is 0 Å².